The predicted molar refractivity (Wildman–Crippen MR) is 82.8 cm³/mol. The second kappa shape index (κ2) is 6.20. The van der Waals surface area contributed by atoms with Gasteiger partial charge < -0.3 is 10.4 Å². The Hall–Kier alpha value is -2.32. The molecule has 116 valence electrons. The van der Waals surface area contributed by atoms with E-state index in [1.807, 2.05) is 0 Å². The van der Waals surface area contributed by atoms with Crippen molar-refractivity contribution in [3.05, 3.63) is 45.5 Å². The first-order chi connectivity index (χ1) is 10.3. The SMILES string of the molecule is CC(C)(CO)NC(=O)c1csc(-c2cccc([N+](=O)[O-])c2)n1. The number of thiazole rings is 1. The van der Waals surface area contributed by atoms with Gasteiger partial charge >= 0.3 is 0 Å². The van der Waals surface area contributed by atoms with Crippen molar-refractivity contribution in [3.8, 4) is 10.6 Å². The van der Waals surface area contributed by atoms with Crippen LogP contribution < -0.4 is 5.32 Å². The van der Waals surface area contributed by atoms with Crippen molar-refractivity contribution < 1.29 is 14.8 Å². The number of non-ortho nitro benzene ring substituents is 1. The molecule has 0 aliphatic rings. The number of rotatable bonds is 5. The molecule has 0 atom stereocenters. The number of amides is 1. The van der Waals surface area contributed by atoms with Crippen LogP contribution in [0, 0.1) is 10.1 Å². The van der Waals surface area contributed by atoms with E-state index in [0.29, 0.717) is 10.6 Å². The molecule has 1 heterocycles. The average molecular weight is 321 g/mol. The minimum absolute atomic E-state index is 0.0277. The Labute approximate surface area is 130 Å². The Bertz CT molecular complexity index is 712. The lowest BCUT2D eigenvalue weighted by Crippen LogP contribution is -2.46. The van der Waals surface area contributed by atoms with Gasteiger partial charge in [-0.15, -0.1) is 11.3 Å². The summed E-state index contributed by atoms with van der Waals surface area (Å²) in [5, 5.41) is 24.7. The lowest BCUT2D eigenvalue weighted by Gasteiger charge is -2.22. The summed E-state index contributed by atoms with van der Waals surface area (Å²) in [6, 6.07) is 6.08. The number of carbonyl (C=O) groups is 1. The molecule has 2 N–H and O–H groups in total. The Balaban J connectivity index is 2.23. The minimum atomic E-state index is -0.744. The first-order valence-electron chi connectivity index (χ1n) is 6.46. The van der Waals surface area contributed by atoms with Crippen molar-refractivity contribution in [2.45, 2.75) is 19.4 Å². The number of nitrogens with one attached hydrogen (secondary N) is 1. The molecule has 0 spiro atoms. The van der Waals surface area contributed by atoms with Crippen LogP contribution in [0.3, 0.4) is 0 Å². The number of nitro benzene ring substituents is 1. The normalized spacial score (nSPS) is 11.2. The molecule has 1 aromatic heterocycles. The highest BCUT2D eigenvalue weighted by molar-refractivity contribution is 7.13. The lowest BCUT2D eigenvalue weighted by atomic mass is 10.1. The Morgan fingerprint density at radius 3 is 2.86 bits per heavy atom. The molecule has 0 saturated heterocycles. The average Bonchev–Trinajstić information content (AvgIpc) is 2.97. The van der Waals surface area contributed by atoms with Crippen LogP contribution in [0.2, 0.25) is 0 Å². The van der Waals surface area contributed by atoms with Crippen LogP contribution >= 0.6 is 11.3 Å². The molecule has 22 heavy (non-hydrogen) atoms. The number of hydrogen-bond donors (Lipinski definition) is 2. The third kappa shape index (κ3) is 3.66. The lowest BCUT2D eigenvalue weighted by molar-refractivity contribution is -0.384. The highest BCUT2D eigenvalue weighted by Crippen LogP contribution is 2.27. The van der Waals surface area contributed by atoms with Crippen molar-refractivity contribution in [2.75, 3.05) is 6.61 Å². The van der Waals surface area contributed by atoms with Crippen molar-refractivity contribution in [1.29, 1.82) is 0 Å². The molecule has 0 radical (unpaired) electrons. The van der Waals surface area contributed by atoms with Gasteiger partial charge in [-0.25, -0.2) is 4.98 Å². The molecule has 8 heteroatoms. The van der Waals surface area contributed by atoms with Crippen LogP contribution in [0.5, 0.6) is 0 Å². The molecule has 0 saturated carbocycles. The first-order valence-corrected chi connectivity index (χ1v) is 7.34. The van der Waals surface area contributed by atoms with E-state index in [1.165, 1.54) is 23.5 Å². The summed E-state index contributed by atoms with van der Waals surface area (Å²) >= 11 is 1.23. The van der Waals surface area contributed by atoms with Crippen molar-refractivity contribution in [1.82, 2.24) is 10.3 Å². The van der Waals surface area contributed by atoms with E-state index in [0.717, 1.165) is 0 Å². The van der Waals surface area contributed by atoms with Crippen LogP contribution in [0.4, 0.5) is 5.69 Å². The van der Waals surface area contributed by atoms with Gasteiger partial charge in [0.1, 0.15) is 10.7 Å². The Morgan fingerprint density at radius 2 is 2.23 bits per heavy atom. The van der Waals surface area contributed by atoms with Crippen LogP contribution in [0.1, 0.15) is 24.3 Å². The fourth-order valence-corrected chi connectivity index (χ4v) is 2.47. The third-order valence-corrected chi connectivity index (χ3v) is 3.78. The number of carbonyl (C=O) groups excluding carboxylic acids is 1. The van der Waals surface area contributed by atoms with Gasteiger partial charge in [0.25, 0.3) is 11.6 Å². The fraction of sp³-hybridized carbons (Fsp3) is 0.286. The summed E-state index contributed by atoms with van der Waals surface area (Å²) in [5.74, 6) is -0.396. The van der Waals surface area contributed by atoms with Gasteiger partial charge in [-0.3, -0.25) is 14.9 Å². The maximum absolute atomic E-state index is 12.1. The maximum Gasteiger partial charge on any atom is 0.271 e. The molecule has 2 rings (SSSR count). The third-order valence-electron chi connectivity index (χ3n) is 2.89. The molecule has 0 aliphatic carbocycles. The van der Waals surface area contributed by atoms with Gasteiger partial charge in [0, 0.05) is 23.1 Å². The van der Waals surface area contributed by atoms with E-state index >= 15 is 0 Å². The molecule has 0 fully saturated rings. The summed E-state index contributed by atoms with van der Waals surface area (Å²) in [6.07, 6.45) is 0. The van der Waals surface area contributed by atoms with Crippen LogP contribution in [0.15, 0.2) is 29.6 Å². The highest BCUT2D eigenvalue weighted by Gasteiger charge is 2.22. The second-order valence-corrected chi connectivity index (χ2v) is 6.20. The van der Waals surface area contributed by atoms with Gasteiger partial charge in [-0.1, -0.05) is 12.1 Å². The molecule has 1 amide bonds. The van der Waals surface area contributed by atoms with Gasteiger partial charge in [0.05, 0.1) is 17.1 Å². The minimum Gasteiger partial charge on any atom is -0.394 e. The van der Waals surface area contributed by atoms with Crippen molar-refractivity contribution in [3.63, 3.8) is 0 Å². The highest BCUT2D eigenvalue weighted by atomic mass is 32.1. The van der Waals surface area contributed by atoms with Crippen LogP contribution in [-0.2, 0) is 0 Å². The maximum atomic E-state index is 12.1. The first kappa shape index (κ1) is 16.1. The van der Waals surface area contributed by atoms with E-state index in [1.54, 1.807) is 31.4 Å². The van der Waals surface area contributed by atoms with E-state index in [4.69, 9.17) is 5.11 Å². The van der Waals surface area contributed by atoms with E-state index in [9.17, 15) is 14.9 Å². The van der Waals surface area contributed by atoms with E-state index < -0.39 is 16.4 Å². The van der Waals surface area contributed by atoms with Gasteiger partial charge in [-0.2, -0.15) is 0 Å². The number of nitro groups is 1. The quantitative estimate of drug-likeness (QED) is 0.649. The summed E-state index contributed by atoms with van der Waals surface area (Å²) in [4.78, 5) is 26.6. The van der Waals surface area contributed by atoms with Crippen LogP contribution in [0.25, 0.3) is 10.6 Å². The van der Waals surface area contributed by atoms with Gasteiger partial charge in [0.15, 0.2) is 0 Å². The standard InChI is InChI=1S/C14H15N3O4S/c1-14(2,8-18)16-12(19)11-7-22-13(15-11)9-4-3-5-10(6-9)17(20)21/h3-7,18H,8H2,1-2H3,(H,16,19). The number of aliphatic hydroxyl groups excluding tert-OH is 1. The molecular weight excluding hydrogens is 306 g/mol. The smallest absolute Gasteiger partial charge is 0.271 e. The largest absolute Gasteiger partial charge is 0.394 e. The second-order valence-electron chi connectivity index (χ2n) is 5.34. The fourth-order valence-electron chi connectivity index (χ4n) is 1.67. The molecule has 2 aromatic rings. The number of nitrogens with zero attached hydrogens (tertiary/aromatic N) is 2. The summed E-state index contributed by atoms with van der Waals surface area (Å²) in [7, 11) is 0. The molecule has 0 bridgehead atoms. The predicted octanol–water partition coefficient (Wildman–Crippen LogP) is 2.22. The Morgan fingerprint density at radius 1 is 1.50 bits per heavy atom. The van der Waals surface area contributed by atoms with Gasteiger partial charge in [0.2, 0.25) is 0 Å². The number of aromatic nitrogens is 1. The van der Waals surface area contributed by atoms with E-state index in [-0.39, 0.29) is 18.0 Å². The molecule has 1 aromatic carbocycles. The van der Waals surface area contributed by atoms with Crippen molar-refractivity contribution >= 4 is 22.9 Å². The van der Waals surface area contributed by atoms with Crippen LogP contribution in [-0.4, -0.2) is 33.1 Å². The monoisotopic (exact) mass is 321 g/mol. The molecule has 0 unspecified atom stereocenters. The molecular formula is C14H15N3O4S. The van der Waals surface area contributed by atoms with E-state index in [2.05, 4.69) is 10.3 Å². The number of hydrogen-bond acceptors (Lipinski definition) is 6. The van der Waals surface area contributed by atoms with Gasteiger partial charge in [-0.05, 0) is 13.8 Å². The summed E-state index contributed by atoms with van der Waals surface area (Å²) in [6.45, 7) is 3.19. The zero-order valence-corrected chi connectivity index (χ0v) is 12.9. The topological polar surface area (TPSA) is 105 Å². The molecule has 0 aliphatic heterocycles. The zero-order valence-electron chi connectivity index (χ0n) is 12.1. The number of benzene rings is 1. The summed E-state index contributed by atoms with van der Waals surface area (Å²) in [5.41, 5.74) is 0.0275. The molecule has 7 nitrogen and oxygen atoms in total. The number of aliphatic hydroxyl groups is 1. The zero-order chi connectivity index (χ0) is 16.3. The summed E-state index contributed by atoms with van der Waals surface area (Å²) < 4.78 is 0. The van der Waals surface area contributed by atoms with Crippen molar-refractivity contribution in [2.24, 2.45) is 0 Å². The Kier molecular flexibility index (Phi) is 4.53.